The zero-order chi connectivity index (χ0) is 21.1. The number of carbonyl (C=O) groups is 1. The first-order valence-corrected chi connectivity index (χ1v) is 10.6. The quantitative estimate of drug-likeness (QED) is 0.406. The molecule has 0 spiro atoms. The van der Waals surface area contributed by atoms with Gasteiger partial charge < -0.3 is 4.74 Å². The van der Waals surface area contributed by atoms with E-state index in [0.717, 1.165) is 11.4 Å². The number of amidine groups is 1. The van der Waals surface area contributed by atoms with E-state index in [4.69, 9.17) is 32.9 Å². The second-order valence-corrected chi connectivity index (χ2v) is 8.18. The average Bonchev–Trinajstić information content (AvgIpc) is 3.04. The van der Waals surface area contributed by atoms with Crippen LogP contribution in [0.15, 0.2) is 82.7 Å². The van der Waals surface area contributed by atoms with Gasteiger partial charge in [-0.05, 0) is 54.2 Å². The molecule has 4 rings (SSSR count). The number of ether oxygens (including phenoxy) is 1. The van der Waals surface area contributed by atoms with E-state index in [9.17, 15) is 4.79 Å². The smallest absolute Gasteiger partial charge is 0.271 e. The van der Waals surface area contributed by atoms with Crippen LogP contribution in [0.1, 0.15) is 5.56 Å². The number of methoxy groups -OCH3 is 1. The first-order chi connectivity index (χ1) is 14.6. The first-order valence-electron chi connectivity index (χ1n) is 9.02. The Labute approximate surface area is 188 Å². The summed E-state index contributed by atoms with van der Waals surface area (Å²) in [6.45, 7) is 0. The second kappa shape index (κ2) is 8.96. The van der Waals surface area contributed by atoms with E-state index in [1.807, 2.05) is 60.7 Å². The molecule has 0 saturated carbocycles. The molecule has 0 aromatic heterocycles. The number of benzene rings is 3. The summed E-state index contributed by atoms with van der Waals surface area (Å²) >= 11 is 13.7. The summed E-state index contributed by atoms with van der Waals surface area (Å²) in [5.41, 5.74) is 2.13. The molecule has 1 aliphatic heterocycles. The molecule has 1 heterocycles. The highest BCUT2D eigenvalue weighted by molar-refractivity contribution is 8.19. The van der Waals surface area contributed by atoms with Gasteiger partial charge in [-0.3, -0.25) is 9.69 Å². The number of thioether (sulfide) groups is 1. The molecule has 1 amide bonds. The Hall–Kier alpha value is -2.73. The zero-order valence-electron chi connectivity index (χ0n) is 15.9. The summed E-state index contributed by atoms with van der Waals surface area (Å²) < 4.78 is 5.41. The largest absolute Gasteiger partial charge is 0.495 e. The van der Waals surface area contributed by atoms with Gasteiger partial charge in [0.2, 0.25) is 0 Å². The van der Waals surface area contributed by atoms with Crippen LogP contribution in [0.2, 0.25) is 10.0 Å². The van der Waals surface area contributed by atoms with E-state index < -0.39 is 0 Å². The van der Waals surface area contributed by atoms with Crippen molar-refractivity contribution < 1.29 is 9.53 Å². The van der Waals surface area contributed by atoms with Gasteiger partial charge >= 0.3 is 0 Å². The molecule has 7 heteroatoms. The van der Waals surface area contributed by atoms with E-state index >= 15 is 0 Å². The molecule has 3 aromatic rings. The van der Waals surface area contributed by atoms with Gasteiger partial charge in [-0.25, -0.2) is 4.99 Å². The van der Waals surface area contributed by atoms with Crippen molar-refractivity contribution in [2.45, 2.75) is 0 Å². The van der Waals surface area contributed by atoms with Gasteiger partial charge in [-0.2, -0.15) is 0 Å². The van der Waals surface area contributed by atoms with Crippen LogP contribution in [0.4, 0.5) is 11.4 Å². The number of carbonyl (C=O) groups excluding carboxylic acids is 1. The maximum absolute atomic E-state index is 13.3. The molecule has 1 fully saturated rings. The lowest BCUT2D eigenvalue weighted by atomic mass is 10.1. The lowest BCUT2D eigenvalue weighted by Crippen LogP contribution is -2.28. The highest BCUT2D eigenvalue weighted by atomic mass is 35.5. The Balaban J connectivity index is 1.81. The number of rotatable bonds is 4. The summed E-state index contributed by atoms with van der Waals surface area (Å²) in [4.78, 5) is 20.1. The van der Waals surface area contributed by atoms with E-state index in [1.165, 1.54) is 18.9 Å². The minimum atomic E-state index is -0.181. The van der Waals surface area contributed by atoms with Gasteiger partial charge in [0.25, 0.3) is 5.91 Å². The van der Waals surface area contributed by atoms with Crippen LogP contribution in [0, 0.1) is 0 Å². The number of aliphatic imine (C=N–C) groups is 1. The molecule has 0 N–H and O–H groups in total. The van der Waals surface area contributed by atoms with E-state index in [1.54, 1.807) is 23.1 Å². The van der Waals surface area contributed by atoms with Crippen LogP contribution in [0.5, 0.6) is 5.75 Å². The third-order valence-corrected chi connectivity index (χ3v) is 5.80. The number of halogens is 2. The van der Waals surface area contributed by atoms with Crippen LogP contribution in [-0.2, 0) is 4.79 Å². The fourth-order valence-electron chi connectivity index (χ4n) is 3.01. The number of para-hydroxylation sites is 2. The molecular formula is C23H16Cl2N2O2S. The molecule has 0 radical (unpaired) electrons. The Morgan fingerprint density at radius 1 is 1.00 bits per heavy atom. The van der Waals surface area contributed by atoms with Crippen molar-refractivity contribution in [2.75, 3.05) is 12.0 Å². The molecule has 1 aliphatic rings. The summed E-state index contributed by atoms with van der Waals surface area (Å²) in [7, 11) is 1.53. The summed E-state index contributed by atoms with van der Waals surface area (Å²) in [5, 5.41) is 1.40. The third kappa shape index (κ3) is 4.24. The normalized spacial score (nSPS) is 16.5. The van der Waals surface area contributed by atoms with Crippen molar-refractivity contribution in [3.63, 3.8) is 0 Å². The fraction of sp³-hybridized carbons (Fsp3) is 0.0435. The lowest BCUT2D eigenvalue weighted by Gasteiger charge is -2.15. The summed E-state index contributed by atoms with van der Waals surface area (Å²) in [6.07, 6.45) is 1.73. The SMILES string of the molecule is COc1c(Cl)cc(Cl)cc1/C=C1/SC(=Nc2ccccc2)N(c2ccccc2)C1=O. The first kappa shape index (κ1) is 20.5. The molecule has 0 atom stereocenters. The van der Waals surface area contributed by atoms with Gasteiger partial charge in [0.15, 0.2) is 5.17 Å². The lowest BCUT2D eigenvalue weighted by molar-refractivity contribution is -0.113. The zero-order valence-corrected chi connectivity index (χ0v) is 18.2. The van der Waals surface area contributed by atoms with Crippen molar-refractivity contribution in [3.8, 4) is 5.75 Å². The maximum Gasteiger partial charge on any atom is 0.271 e. The van der Waals surface area contributed by atoms with Gasteiger partial charge in [-0.15, -0.1) is 0 Å². The summed E-state index contributed by atoms with van der Waals surface area (Å²) in [5.74, 6) is 0.278. The number of amides is 1. The van der Waals surface area contributed by atoms with E-state index in [-0.39, 0.29) is 5.91 Å². The van der Waals surface area contributed by atoms with Gasteiger partial charge in [0, 0.05) is 10.6 Å². The van der Waals surface area contributed by atoms with E-state index in [0.29, 0.717) is 31.4 Å². The Morgan fingerprint density at radius 2 is 1.67 bits per heavy atom. The standard InChI is InChI=1S/C23H16Cl2N2O2S/c1-29-21-15(12-16(24)14-19(21)25)13-20-22(28)27(18-10-6-3-7-11-18)23(30-20)26-17-8-4-2-5-9-17/h2-14H,1H3/b20-13+,26-23?. The molecule has 1 saturated heterocycles. The van der Waals surface area contributed by atoms with Crippen molar-refractivity contribution in [3.05, 3.63) is 93.3 Å². The molecular weight excluding hydrogens is 439 g/mol. The number of hydrogen-bond acceptors (Lipinski definition) is 4. The second-order valence-electron chi connectivity index (χ2n) is 6.33. The summed E-state index contributed by atoms with van der Waals surface area (Å²) in [6, 6.07) is 22.3. The van der Waals surface area contributed by atoms with Crippen molar-refractivity contribution in [2.24, 2.45) is 4.99 Å². The van der Waals surface area contributed by atoms with Gasteiger partial charge in [0.05, 0.1) is 28.4 Å². The minimum absolute atomic E-state index is 0.181. The topological polar surface area (TPSA) is 41.9 Å². The number of anilines is 1. The molecule has 0 bridgehead atoms. The van der Waals surface area contributed by atoms with Crippen molar-refractivity contribution in [1.29, 1.82) is 0 Å². The predicted molar refractivity (Wildman–Crippen MR) is 126 cm³/mol. The molecule has 3 aromatic carbocycles. The highest BCUT2D eigenvalue weighted by Gasteiger charge is 2.35. The fourth-order valence-corrected chi connectivity index (χ4v) is 4.59. The Bertz CT molecular complexity index is 1150. The number of hydrogen-bond donors (Lipinski definition) is 0. The highest BCUT2D eigenvalue weighted by Crippen LogP contribution is 2.40. The maximum atomic E-state index is 13.3. The average molecular weight is 455 g/mol. The molecule has 0 unspecified atom stereocenters. The molecule has 30 heavy (non-hydrogen) atoms. The molecule has 0 aliphatic carbocycles. The van der Waals surface area contributed by atoms with Gasteiger partial charge in [0.1, 0.15) is 5.75 Å². The van der Waals surface area contributed by atoms with Crippen LogP contribution >= 0.6 is 35.0 Å². The Morgan fingerprint density at radius 3 is 2.33 bits per heavy atom. The number of nitrogens with zero attached hydrogens (tertiary/aromatic N) is 2. The van der Waals surface area contributed by atoms with E-state index in [2.05, 4.69) is 0 Å². The Kier molecular flexibility index (Phi) is 6.13. The van der Waals surface area contributed by atoms with Crippen molar-refractivity contribution in [1.82, 2.24) is 0 Å². The predicted octanol–water partition coefficient (Wildman–Crippen LogP) is 6.81. The monoisotopic (exact) mass is 454 g/mol. The van der Waals surface area contributed by atoms with Crippen molar-refractivity contribution >= 4 is 63.5 Å². The van der Waals surface area contributed by atoms with Crippen LogP contribution in [0.25, 0.3) is 6.08 Å². The molecule has 4 nitrogen and oxygen atoms in total. The van der Waals surface area contributed by atoms with Crippen LogP contribution < -0.4 is 9.64 Å². The molecule has 150 valence electrons. The van der Waals surface area contributed by atoms with Crippen LogP contribution in [-0.4, -0.2) is 18.2 Å². The minimum Gasteiger partial charge on any atom is -0.495 e. The van der Waals surface area contributed by atoms with Crippen LogP contribution in [0.3, 0.4) is 0 Å². The third-order valence-electron chi connectivity index (χ3n) is 4.33. The van der Waals surface area contributed by atoms with Gasteiger partial charge in [-0.1, -0.05) is 59.6 Å².